The van der Waals surface area contributed by atoms with Gasteiger partial charge < -0.3 is 14.4 Å². The summed E-state index contributed by atoms with van der Waals surface area (Å²) in [6.07, 6.45) is 4.78. The first kappa shape index (κ1) is 18.6. The number of benzene rings is 1. The Morgan fingerprint density at radius 3 is 2.63 bits per heavy atom. The molecule has 0 radical (unpaired) electrons. The number of rotatable bonds is 3. The van der Waals surface area contributed by atoms with Crippen LogP contribution >= 0.6 is 0 Å². The van der Waals surface area contributed by atoms with E-state index in [1.807, 2.05) is 23.1 Å². The maximum absolute atomic E-state index is 13.5. The molecular formula is C22H21N3O5. The van der Waals surface area contributed by atoms with Gasteiger partial charge in [-0.25, -0.2) is 9.59 Å². The normalized spacial score (nSPS) is 23.1. The zero-order valence-electron chi connectivity index (χ0n) is 16.5. The van der Waals surface area contributed by atoms with Crippen LogP contribution in [-0.2, 0) is 25.3 Å². The van der Waals surface area contributed by atoms with Gasteiger partial charge in [-0.05, 0) is 36.6 Å². The van der Waals surface area contributed by atoms with Crippen LogP contribution in [0.3, 0.4) is 0 Å². The number of nitrogens with one attached hydrogen (secondary N) is 1. The highest BCUT2D eigenvalue weighted by Crippen LogP contribution is 2.52. The molecule has 1 saturated carbocycles. The van der Waals surface area contributed by atoms with Gasteiger partial charge in [0.1, 0.15) is 0 Å². The maximum atomic E-state index is 13.5. The molecule has 1 spiro atoms. The standard InChI is InChI=1S/C22H21N3O5/c1-29-20(28)24-15-4-2-14(3-5-15)21(7-8-21)19(27)25-11-9-22(13-25)17-6-10-23-12-16(17)18(26)30-22/h2-6,10,12H,7-9,11,13H2,1H3,(H,24,28)/t22-/m0/s1. The van der Waals surface area contributed by atoms with Gasteiger partial charge in [-0.15, -0.1) is 0 Å². The molecule has 1 atom stereocenters. The second kappa shape index (κ2) is 6.55. The van der Waals surface area contributed by atoms with Gasteiger partial charge in [0.05, 0.1) is 24.6 Å². The third-order valence-electron chi connectivity index (χ3n) is 6.37. The van der Waals surface area contributed by atoms with Gasteiger partial charge in [-0.1, -0.05) is 12.1 Å². The number of amides is 2. The number of pyridine rings is 1. The first-order valence-corrected chi connectivity index (χ1v) is 9.90. The van der Waals surface area contributed by atoms with Gasteiger partial charge in [0.25, 0.3) is 0 Å². The van der Waals surface area contributed by atoms with Gasteiger partial charge in [0, 0.05) is 36.6 Å². The zero-order chi connectivity index (χ0) is 20.9. The molecule has 0 unspecified atom stereocenters. The topological polar surface area (TPSA) is 97.8 Å². The van der Waals surface area contributed by atoms with E-state index in [-0.39, 0.29) is 11.9 Å². The summed E-state index contributed by atoms with van der Waals surface area (Å²) in [7, 11) is 1.31. The molecule has 30 heavy (non-hydrogen) atoms. The van der Waals surface area contributed by atoms with Crippen molar-refractivity contribution in [1.29, 1.82) is 0 Å². The number of ether oxygens (including phenoxy) is 2. The summed E-state index contributed by atoms with van der Waals surface area (Å²) in [6, 6.07) is 9.10. The van der Waals surface area contributed by atoms with Crippen molar-refractivity contribution in [3.63, 3.8) is 0 Å². The quantitative estimate of drug-likeness (QED) is 0.786. The van der Waals surface area contributed by atoms with E-state index in [9.17, 15) is 14.4 Å². The lowest BCUT2D eigenvalue weighted by molar-refractivity contribution is -0.134. The zero-order valence-corrected chi connectivity index (χ0v) is 16.5. The average Bonchev–Trinajstić information content (AvgIpc) is 3.40. The van der Waals surface area contributed by atoms with Crippen LogP contribution in [0.5, 0.6) is 0 Å². The van der Waals surface area contributed by atoms with Crippen molar-refractivity contribution < 1.29 is 23.9 Å². The van der Waals surface area contributed by atoms with Crippen LogP contribution in [0, 0.1) is 0 Å². The highest BCUT2D eigenvalue weighted by atomic mass is 16.6. The van der Waals surface area contributed by atoms with E-state index in [0.717, 1.165) is 24.0 Å². The number of esters is 1. The lowest BCUT2D eigenvalue weighted by Gasteiger charge is -2.27. The molecule has 1 aromatic carbocycles. The fraction of sp³-hybridized carbons (Fsp3) is 0.364. The largest absolute Gasteiger partial charge is 0.453 e. The lowest BCUT2D eigenvalue weighted by Crippen LogP contribution is -2.40. The molecule has 8 heteroatoms. The molecule has 2 aliphatic heterocycles. The summed E-state index contributed by atoms with van der Waals surface area (Å²) in [5.41, 5.74) is 1.53. The fourth-order valence-corrected chi connectivity index (χ4v) is 4.60. The van der Waals surface area contributed by atoms with Crippen LogP contribution < -0.4 is 5.32 Å². The molecule has 3 aliphatic rings. The SMILES string of the molecule is COC(=O)Nc1ccc(C2(C(=O)N3CC[C@@]4(C3)OC(=O)c3cnccc34)CC2)cc1. The number of aromatic nitrogens is 1. The summed E-state index contributed by atoms with van der Waals surface area (Å²) < 4.78 is 10.3. The molecule has 2 aromatic rings. The number of hydrogen-bond donors (Lipinski definition) is 1. The van der Waals surface area contributed by atoms with E-state index in [4.69, 9.17) is 4.74 Å². The average molecular weight is 407 g/mol. The first-order valence-electron chi connectivity index (χ1n) is 9.90. The third-order valence-corrected chi connectivity index (χ3v) is 6.37. The monoisotopic (exact) mass is 407 g/mol. The Kier molecular flexibility index (Phi) is 4.06. The second-order valence-electron chi connectivity index (χ2n) is 8.06. The van der Waals surface area contributed by atoms with Crippen molar-refractivity contribution in [3.8, 4) is 0 Å². The smallest absolute Gasteiger partial charge is 0.411 e. The number of anilines is 1. The van der Waals surface area contributed by atoms with E-state index in [2.05, 4.69) is 15.0 Å². The summed E-state index contributed by atoms with van der Waals surface area (Å²) in [5, 5.41) is 2.61. The molecule has 1 saturated heterocycles. The Labute approximate surface area is 173 Å². The van der Waals surface area contributed by atoms with Crippen LogP contribution in [-0.4, -0.2) is 48.1 Å². The Balaban J connectivity index is 1.35. The van der Waals surface area contributed by atoms with Crippen LogP contribution in [0.25, 0.3) is 0 Å². The maximum Gasteiger partial charge on any atom is 0.411 e. The molecule has 154 valence electrons. The van der Waals surface area contributed by atoms with Crippen molar-refractivity contribution in [1.82, 2.24) is 9.88 Å². The van der Waals surface area contributed by atoms with Gasteiger partial charge in [-0.2, -0.15) is 0 Å². The lowest BCUT2D eigenvalue weighted by atomic mass is 9.92. The van der Waals surface area contributed by atoms with Crippen LogP contribution in [0.2, 0.25) is 0 Å². The Bertz CT molecular complexity index is 1050. The summed E-state index contributed by atoms with van der Waals surface area (Å²) in [5.74, 6) is -0.311. The minimum Gasteiger partial charge on any atom is -0.453 e. The highest BCUT2D eigenvalue weighted by Gasteiger charge is 2.57. The summed E-state index contributed by atoms with van der Waals surface area (Å²) in [4.78, 5) is 42.9. The number of carbonyl (C=O) groups excluding carboxylic acids is 3. The Hall–Kier alpha value is -3.42. The van der Waals surface area contributed by atoms with Gasteiger partial charge >= 0.3 is 12.1 Å². The van der Waals surface area contributed by atoms with Crippen LogP contribution in [0.15, 0.2) is 42.7 Å². The van der Waals surface area contributed by atoms with Gasteiger partial charge in [0.2, 0.25) is 5.91 Å². The van der Waals surface area contributed by atoms with Crippen molar-refractivity contribution in [3.05, 3.63) is 59.4 Å². The molecule has 2 fully saturated rings. The highest BCUT2D eigenvalue weighted by molar-refractivity contribution is 5.95. The van der Waals surface area contributed by atoms with Crippen molar-refractivity contribution in [2.75, 3.05) is 25.5 Å². The summed E-state index contributed by atoms with van der Waals surface area (Å²) >= 11 is 0. The second-order valence-corrected chi connectivity index (χ2v) is 8.06. The predicted octanol–water partition coefficient (Wildman–Crippen LogP) is 2.59. The molecule has 1 aliphatic carbocycles. The predicted molar refractivity (Wildman–Crippen MR) is 106 cm³/mol. The van der Waals surface area contributed by atoms with E-state index in [1.165, 1.54) is 13.3 Å². The number of hydrogen-bond acceptors (Lipinski definition) is 6. The number of fused-ring (bicyclic) bond motifs is 2. The Morgan fingerprint density at radius 1 is 1.17 bits per heavy atom. The summed E-state index contributed by atoms with van der Waals surface area (Å²) in [6.45, 7) is 0.899. The Morgan fingerprint density at radius 2 is 1.93 bits per heavy atom. The first-order chi connectivity index (χ1) is 14.5. The van der Waals surface area contributed by atoms with Crippen molar-refractivity contribution in [2.24, 2.45) is 0 Å². The van der Waals surface area contributed by atoms with E-state index >= 15 is 0 Å². The molecule has 3 heterocycles. The van der Waals surface area contributed by atoms with Gasteiger partial charge in [0.15, 0.2) is 5.60 Å². The molecule has 8 nitrogen and oxygen atoms in total. The van der Waals surface area contributed by atoms with Crippen LogP contribution in [0.4, 0.5) is 10.5 Å². The van der Waals surface area contributed by atoms with Crippen LogP contribution in [0.1, 0.15) is 40.7 Å². The van der Waals surface area contributed by atoms with E-state index < -0.39 is 17.1 Å². The number of likely N-dealkylation sites (tertiary alicyclic amines) is 1. The van der Waals surface area contributed by atoms with E-state index in [0.29, 0.717) is 30.8 Å². The minimum absolute atomic E-state index is 0.0617. The number of methoxy groups -OCH3 is 1. The molecule has 1 aromatic heterocycles. The van der Waals surface area contributed by atoms with Gasteiger partial charge in [-0.3, -0.25) is 15.1 Å². The molecule has 0 bridgehead atoms. The molecule has 5 rings (SSSR count). The fourth-order valence-electron chi connectivity index (χ4n) is 4.60. The third kappa shape index (κ3) is 2.74. The van der Waals surface area contributed by atoms with Crippen molar-refractivity contribution in [2.45, 2.75) is 30.3 Å². The minimum atomic E-state index is -0.768. The molecule has 1 N–H and O–H groups in total. The number of nitrogens with zero attached hydrogens (tertiary/aromatic N) is 2. The number of carbonyl (C=O) groups is 3. The van der Waals surface area contributed by atoms with Crippen molar-refractivity contribution >= 4 is 23.7 Å². The van der Waals surface area contributed by atoms with E-state index in [1.54, 1.807) is 18.3 Å². The molecule has 2 amide bonds. The molecular weight excluding hydrogens is 386 g/mol.